The number of rotatable bonds is 6. The van der Waals surface area contributed by atoms with Gasteiger partial charge in [-0.1, -0.05) is 13.3 Å². The first kappa shape index (κ1) is 13.5. The van der Waals surface area contributed by atoms with Crippen LogP contribution in [0.1, 0.15) is 39.0 Å². The zero-order chi connectivity index (χ0) is 12.0. The van der Waals surface area contributed by atoms with E-state index < -0.39 is 0 Å². The summed E-state index contributed by atoms with van der Waals surface area (Å²) in [6.07, 6.45) is 5.76. The molecular formula is C13H25N3. The highest BCUT2D eigenvalue weighted by atomic mass is 15.1. The summed E-state index contributed by atoms with van der Waals surface area (Å²) >= 11 is 0. The third kappa shape index (κ3) is 2.96. The summed E-state index contributed by atoms with van der Waals surface area (Å²) in [6, 6.07) is 2.50. The second-order valence-electron chi connectivity index (χ2n) is 5.01. The molecule has 0 amide bonds. The van der Waals surface area contributed by atoms with Crippen LogP contribution >= 0.6 is 0 Å². The highest BCUT2D eigenvalue weighted by molar-refractivity contribution is 5.13. The van der Waals surface area contributed by atoms with Crippen molar-refractivity contribution in [3.63, 3.8) is 0 Å². The summed E-state index contributed by atoms with van der Waals surface area (Å²) in [6.45, 7) is 4.48. The lowest BCUT2D eigenvalue weighted by atomic mass is 9.86. The monoisotopic (exact) mass is 223 g/mol. The molecule has 0 bridgehead atoms. The second-order valence-corrected chi connectivity index (χ2v) is 5.01. The van der Waals surface area contributed by atoms with E-state index in [0.29, 0.717) is 5.92 Å². The van der Waals surface area contributed by atoms with Gasteiger partial charge in [0, 0.05) is 0 Å². The third-order valence-corrected chi connectivity index (χ3v) is 3.93. The Hall–Kier alpha value is -0.590. The van der Waals surface area contributed by atoms with Crippen molar-refractivity contribution in [2.75, 3.05) is 27.2 Å². The maximum Gasteiger partial charge on any atom is 0.109 e. The molecule has 16 heavy (non-hydrogen) atoms. The van der Waals surface area contributed by atoms with Crippen LogP contribution in [-0.4, -0.2) is 37.6 Å². The molecule has 0 aromatic rings. The molecule has 1 rings (SSSR count). The Balaban J connectivity index is 2.44. The minimum absolute atomic E-state index is 0.243. The molecule has 0 aromatic heterocycles. The van der Waals surface area contributed by atoms with Gasteiger partial charge in [0.15, 0.2) is 0 Å². The fraction of sp³-hybridized carbons (Fsp3) is 0.923. The van der Waals surface area contributed by atoms with Crippen LogP contribution in [0.5, 0.6) is 0 Å². The van der Waals surface area contributed by atoms with Crippen LogP contribution < -0.4 is 5.32 Å². The van der Waals surface area contributed by atoms with E-state index in [1.165, 1.54) is 19.3 Å². The Bertz CT molecular complexity index is 246. The Morgan fingerprint density at radius 2 is 2.25 bits per heavy atom. The lowest BCUT2D eigenvalue weighted by Gasteiger charge is -2.29. The largest absolute Gasteiger partial charge is 0.306 e. The van der Waals surface area contributed by atoms with Gasteiger partial charge in [0.2, 0.25) is 0 Å². The number of nitrogens with one attached hydrogen (secondary N) is 1. The van der Waals surface area contributed by atoms with Crippen molar-refractivity contribution < 1.29 is 0 Å². The van der Waals surface area contributed by atoms with Crippen LogP contribution in [0, 0.1) is 17.2 Å². The van der Waals surface area contributed by atoms with Gasteiger partial charge in [-0.05, 0) is 58.8 Å². The van der Waals surface area contributed by atoms with Crippen molar-refractivity contribution in [1.29, 1.82) is 5.26 Å². The Morgan fingerprint density at radius 3 is 2.81 bits per heavy atom. The van der Waals surface area contributed by atoms with Crippen LogP contribution in [-0.2, 0) is 0 Å². The molecule has 3 nitrogen and oxygen atoms in total. The highest BCUT2D eigenvalue weighted by Crippen LogP contribution is 2.37. The van der Waals surface area contributed by atoms with Gasteiger partial charge >= 0.3 is 0 Å². The minimum atomic E-state index is -0.243. The lowest BCUT2D eigenvalue weighted by Crippen LogP contribution is -2.45. The summed E-state index contributed by atoms with van der Waals surface area (Å²) in [4.78, 5) is 2.37. The zero-order valence-electron chi connectivity index (χ0n) is 10.9. The molecule has 1 N–H and O–H groups in total. The van der Waals surface area contributed by atoms with Crippen molar-refractivity contribution in [3.8, 4) is 6.07 Å². The fourth-order valence-corrected chi connectivity index (χ4v) is 2.87. The normalized spacial score (nSPS) is 29.6. The molecule has 0 radical (unpaired) electrons. The predicted molar refractivity (Wildman–Crippen MR) is 67.1 cm³/mol. The summed E-state index contributed by atoms with van der Waals surface area (Å²) in [5.41, 5.74) is -0.243. The molecular weight excluding hydrogens is 198 g/mol. The van der Waals surface area contributed by atoms with E-state index in [4.69, 9.17) is 0 Å². The van der Waals surface area contributed by atoms with E-state index in [9.17, 15) is 5.26 Å². The smallest absolute Gasteiger partial charge is 0.109 e. The van der Waals surface area contributed by atoms with Crippen LogP contribution in [0.3, 0.4) is 0 Å². The molecule has 0 aromatic carbocycles. The topological polar surface area (TPSA) is 39.1 Å². The maximum atomic E-state index is 9.33. The predicted octanol–water partition coefficient (Wildman–Crippen LogP) is 2.00. The lowest BCUT2D eigenvalue weighted by molar-refractivity contribution is 0.257. The van der Waals surface area contributed by atoms with Gasteiger partial charge in [-0.2, -0.15) is 5.26 Å². The number of hydrogen-bond acceptors (Lipinski definition) is 3. The first-order valence-electron chi connectivity index (χ1n) is 6.47. The summed E-state index contributed by atoms with van der Waals surface area (Å²) in [5, 5.41) is 12.6. The summed E-state index contributed by atoms with van der Waals surface area (Å²) in [5.74, 6) is 0.529. The Morgan fingerprint density at radius 1 is 1.50 bits per heavy atom. The quantitative estimate of drug-likeness (QED) is 0.748. The number of nitriles is 1. The maximum absolute atomic E-state index is 9.33. The molecule has 1 aliphatic carbocycles. The molecule has 1 fully saturated rings. The number of hydrogen-bond donors (Lipinski definition) is 1. The van der Waals surface area contributed by atoms with Gasteiger partial charge in [0.05, 0.1) is 6.07 Å². The van der Waals surface area contributed by atoms with Gasteiger partial charge in [0.1, 0.15) is 5.54 Å². The van der Waals surface area contributed by atoms with Crippen LogP contribution in [0.15, 0.2) is 0 Å². The van der Waals surface area contributed by atoms with E-state index in [2.05, 4.69) is 30.3 Å². The molecule has 0 heterocycles. The molecule has 92 valence electrons. The molecule has 1 aliphatic rings. The van der Waals surface area contributed by atoms with Crippen molar-refractivity contribution in [2.24, 2.45) is 5.92 Å². The van der Waals surface area contributed by atoms with E-state index in [0.717, 1.165) is 25.9 Å². The highest BCUT2D eigenvalue weighted by Gasteiger charge is 2.41. The minimum Gasteiger partial charge on any atom is -0.306 e. The summed E-state index contributed by atoms with van der Waals surface area (Å²) in [7, 11) is 4.10. The molecule has 1 saturated carbocycles. The van der Waals surface area contributed by atoms with Gasteiger partial charge in [-0.3, -0.25) is 0 Å². The van der Waals surface area contributed by atoms with E-state index in [1.807, 2.05) is 7.05 Å². The molecule has 0 saturated heterocycles. The van der Waals surface area contributed by atoms with Gasteiger partial charge in [0.25, 0.3) is 0 Å². The van der Waals surface area contributed by atoms with Crippen LogP contribution in [0.4, 0.5) is 0 Å². The summed E-state index contributed by atoms with van der Waals surface area (Å²) < 4.78 is 0. The Kier molecular flexibility index (Phi) is 5.24. The van der Waals surface area contributed by atoms with Gasteiger partial charge in [-0.15, -0.1) is 0 Å². The molecule has 2 unspecified atom stereocenters. The second kappa shape index (κ2) is 6.22. The molecule has 0 spiro atoms. The first-order valence-corrected chi connectivity index (χ1v) is 6.47. The zero-order valence-corrected chi connectivity index (χ0v) is 10.9. The molecule has 2 atom stereocenters. The SMILES string of the molecule is CCCN(C)CCC1CCCC1(C#N)NC. The average molecular weight is 223 g/mol. The van der Waals surface area contributed by atoms with Crippen molar-refractivity contribution in [3.05, 3.63) is 0 Å². The fourth-order valence-electron chi connectivity index (χ4n) is 2.87. The average Bonchev–Trinajstić information content (AvgIpc) is 2.70. The van der Waals surface area contributed by atoms with E-state index >= 15 is 0 Å². The molecule has 3 heteroatoms. The Labute approximate surface area is 99.8 Å². The number of nitrogens with zero attached hydrogens (tertiary/aromatic N) is 2. The van der Waals surface area contributed by atoms with Gasteiger partial charge < -0.3 is 10.2 Å². The van der Waals surface area contributed by atoms with Gasteiger partial charge in [-0.25, -0.2) is 0 Å². The van der Waals surface area contributed by atoms with Crippen LogP contribution in [0.25, 0.3) is 0 Å². The first-order chi connectivity index (χ1) is 7.68. The van der Waals surface area contributed by atoms with Crippen molar-refractivity contribution in [2.45, 2.75) is 44.6 Å². The van der Waals surface area contributed by atoms with E-state index in [1.54, 1.807) is 0 Å². The van der Waals surface area contributed by atoms with E-state index in [-0.39, 0.29) is 5.54 Å². The standard InChI is InChI=1S/C13H25N3/c1-4-9-16(3)10-7-12-6-5-8-13(12,11-14)15-2/h12,15H,4-10H2,1-3H3. The van der Waals surface area contributed by atoms with Crippen molar-refractivity contribution >= 4 is 0 Å². The van der Waals surface area contributed by atoms with Crippen molar-refractivity contribution in [1.82, 2.24) is 10.2 Å². The third-order valence-electron chi connectivity index (χ3n) is 3.93. The molecule has 0 aliphatic heterocycles. The van der Waals surface area contributed by atoms with Crippen LogP contribution in [0.2, 0.25) is 0 Å².